The molecule has 0 unspecified atom stereocenters. The number of esters is 1. The summed E-state index contributed by atoms with van der Waals surface area (Å²) in [6.07, 6.45) is 3.11. The standard InChI is InChI=1S/C23H19FN6O2/c24-19-8-6-16(7-9-19)22-17(15-30(28-22)20-4-2-1-3-5-20)12-21(31)32-11-10-29-23(26)18(13-25)14-27-29/h1-9,14-15H,10-12,26H2. The second kappa shape index (κ2) is 9.14. The number of aromatic nitrogens is 4. The summed E-state index contributed by atoms with van der Waals surface area (Å²) in [5.74, 6) is -0.576. The first-order valence-electron chi connectivity index (χ1n) is 9.82. The SMILES string of the molecule is N#Cc1cnn(CCOC(=O)Cc2cn(-c3ccccc3)nc2-c2ccc(F)cc2)c1N. The number of carbonyl (C=O) groups is 1. The maximum atomic E-state index is 13.4. The fraction of sp³-hybridized carbons (Fsp3) is 0.130. The molecule has 2 heterocycles. The number of para-hydroxylation sites is 1. The molecule has 0 saturated carbocycles. The summed E-state index contributed by atoms with van der Waals surface area (Å²) in [5.41, 5.74) is 8.82. The first-order chi connectivity index (χ1) is 15.5. The van der Waals surface area contributed by atoms with Gasteiger partial charge in [0, 0.05) is 17.3 Å². The fourth-order valence-electron chi connectivity index (χ4n) is 3.21. The van der Waals surface area contributed by atoms with Crippen LogP contribution in [0.5, 0.6) is 0 Å². The van der Waals surface area contributed by atoms with Gasteiger partial charge in [0.1, 0.15) is 29.9 Å². The highest BCUT2D eigenvalue weighted by molar-refractivity contribution is 5.76. The Balaban J connectivity index is 1.50. The summed E-state index contributed by atoms with van der Waals surface area (Å²) in [5, 5.41) is 17.5. The molecule has 0 aliphatic carbocycles. The van der Waals surface area contributed by atoms with Crippen LogP contribution >= 0.6 is 0 Å². The van der Waals surface area contributed by atoms with Crippen LogP contribution in [-0.2, 0) is 22.5 Å². The molecule has 4 rings (SSSR count). The van der Waals surface area contributed by atoms with Gasteiger partial charge >= 0.3 is 5.97 Å². The van der Waals surface area contributed by atoms with E-state index in [1.54, 1.807) is 23.0 Å². The van der Waals surface area contributed by atoms with Gasteiger partial charge in [0.05, 0.1) is 30.5 Å². The lowest BCUT2D eigenvalue weighted by Crippen LogP contribution is -2.15. The minimum atomic E-state index is -0.452. The number of carbonyl (C=O) groups excluding carboxylic acids is 1. The van der Waals surface area contributed by atoms with Crippen LogP contribution in [0.2, 0.25) is 0 Å². The number of nitrogens with two attached hydrogens (primary N) is 1. The van der Waals surface area contributed by atoms with Crippen molar-refractivity contribution >= 4 is 11.8 Å². The zero-order valence-electron chi connectivity index (χ0n) is 17.0. The van der Waals surface area contributed by atoms with Crippen LogP contribution in [0.4, 0.5) is 10.2 Å². The van der Waals surface area contributed by atoms with Gasteiger partial charge < -0.3 is 10.5 Å². The number of anilines is 1. The molecule has 0 saturated heterocycles. The Morgan fingerprint density at radius 1 is 1.16 bits per heavy atom. The zero-order chi connectivity index (χ0) is 22.5. The number of hydrogen-bond donors (Lipinski definition) is 1. The Morgan fingerprint density at radius 2 is 1.91 bits per heavy atom. The molecule has 2 aromatic heterocycles. The Morgan fingerprint density at radius 3 is 2.59 bits per heavy atom. The van der Waals surface area contributed by atoms with E-state index in [0.29, 0.717) is 16.8 Å². The van der Waals surface area contributed by atoms with Crippen LogP contribution in [-0.4, -0.2) is 32.1 Å². The minimum Gasteiger partial charge on any atom is -0.463 e. The zero-order valence-corrected chi connectivity index (χ0v) is 17.0. The van der Waals surface area contributed by atoms with Gasteiger partial charge in [-0.2, -0.15) is 15.5 Å². The second-order valence-corrected chi connectivity index (χ2v) is 6.97. The number of halogens is 1. The molecule has 4 aromatic rings. The first-order valence-corrected chi connectivity index (χ1v) is 9.82. The highest BCUT2D eigenvalue weighted by atomic mass is 19.1. The smallest absolute Gasteiger partial charge is 0.310 e. The molecule has 0 atom stereocenters. The maximum absolute atomic E-state index is 13.4. The van der Waals surface area contributed by atoms with Crippen LogP contribution in [0, 0.1) is 17.1 Å². The molecule has 160 valence electrons. The summed E-state index contributed by atoms with van der Waals surface area (Å²) in [6.45, 7) is 0.279. The number of benzene rings is 2. The number of nitrogens with zero attached hydrogens (tertiary/aromatic N) is 5. The number of hydrogen-bond acceptors (Lipinski definition) is 6. The van der Waals surface area contributed by atoms with Gasteiger partial charge in [-0.25, -0.2) is 13.8 Å². The molecular weight excluding hydrogens is 411 g/mol. The van der Waals surface area contributed by atoms with Gasteiger partial charge in [-0.15, -0.1) is 0 Å². The Bertz CT molecular complexity index is 1270. The maximum Gasteiger partial charge on any atom is 0.310 e. The van der Waals surface area contributed by atoms with Crippen molar-refractivity contribution in [2.24, 2.45) is 0 Å². The van der Waals surface area contributed by atoms with Gasteiger partial charge in [0.25, 0.3) is 0 Å². The van der Waals surface area contributed by atoms with Crippen molar-refractivity contribution in [2.45, 2.75) is 13.0 Å². The molecule has 0 amide bonds. The first kappa shape index (κ1) is 20.8. The van der Waals surface area contributed by atoms with Crippen LogP contribution in [0.3, 0.4) is 0 Å². The number of nitrogen functional groups attached to an aromatic ring is 1. The van der Waals surface area contributed by atoms with Crippen molar-refractivity contribution in [2.75, 3.05) is 12.3 Å². The molecule has 2 aromatic carbocycles. The highest BCUT2D eigenvalue weighted by Gasteiger charge is 2.17. The molecule has 32 heavy (non-hydrogen) atoms. The Hall–Kier alpha value is -4.45. The molecule has 0 aliphatic heterocycles. The van der Waals surface area contributed by atoms with Gasteiger partial charge in [-0.05, 0) is 36.4 Å². The molecule has 0 spiro atoms. The molecule has 0 aliphatic rings. The van der Waals surface area contributed by atoms with Crippen molar-refractivity contribution < 1.29 is 13.9 Å². The van der Waals surface area contributed by atoms with Crippen LogP contribution < -0.4 is 5.73 Å². The molecule has 0 radical (unpaired) electrons. The Kier molecular flexibility index (Phi) is 5.94. The number of rotatable bonds is 7. The van der Waals surface area contributed by atoms with Crippen molar-refractivity contribution in [1.82, 2.24) is 19.6 Å². The summed E-state index contributed by atoms with van der Waals surface area (Å²) in [4.78, 5) is 12.5. The third-order valence-corrected chi connectivity index (χ3v) is 4.83. The lowest BCUT2D eigenvalue weighted by Gasteiger charge is -2.07. The molecule has 0 bridgehead atoms. The summed E-state index contributed by atoms with van der Waals surface area (Å²) < 4.78 is 21.8. The van der Waals surface area contributed by atoms with Crippen LogP contribution in [0.1, 0.15) is 11.1 Å². The average Bonchev–Trinajstić information content (AvgIpc) is 3.38. The van der Waals surface area contributed by atoms with E-state index in [1.165, 1.54) is 23.0 Å². The van der Waals surface area contributed by atoms with E-state index in [9.17, 15) is 9.18 Å². The largest absolute Gasteiger partial charge is 0.463 e. The van der Waals surface area contributed by atoms with E-state index in [-0.39, 0.29) is 36.8 Å². The van der Waals surface area contributed by atoms with Gasteiger partial charge in [-0.1, -0.05) is 18.2 Å². The Labute approximate surface area is 183 Å². The fourth-order valence-corrected chi connectivity index (χ4v) is 3.21. The quantitative estimate of drug-likeness (QED) is 0.451. The van der Waals surface area contributed by atoms with Gasteiger partial charge in [0.2, 0.25) is 0 Å². The van der Waals surface area contributed by atoms with Gasteiger partial charge in [0.15, 0.2) is 0 Å². The van der Waals surface area contributed by atoms with Crippen LogP contribution in [0.25, 0.3) is 16.9 Å². The average molecular weight is 430 g/mol. The van der Waals surface area contributed by atoms with Crippen LogP contribution in [0.15, 0.2) is 67.0 Å². The van der Waals surface area contributed by atoms with E-state index >= 15 is 0 Å². The van der Waals surface area contributed by atoms with Crippen molar-refractivity contribution in [1.29, 1.82) is 5.26 Å². The molecule has 9 heteroatoms. The molecule has 8 nitrogen and oxygen atoms in total. The predicted molar refractivity (Wildman–Crippen MR) is 115 cm³/mol. The second-order valence-electron chi connectivity index (χ2n) is 6.97. The van der Waals surface area contributed by atoms with E-state index in [4.69, 9.17) is 15.7 Å². The lowest BCUT2D eigenvalue weighted by molar-refractivity contribution is -0.143. The van der Waals surface area contributed by atoms with Crippen molar-refractivity contribution in [3.8, 4) is 23.0 Å². The summed E-state index contributed by atoms with van der Waals surface area (Å²) in [7, 11) is 0. The molecular formula is C23H19FN6O2. The van der Waals surface area contributed by atoms with Crippen molar-refractivity contribution in [3.63, 3.8) is 0 Å². The normalized spacial score (nSPS) is 10.6. The predicted octanol–water partition coefficient (Wildman–Crippen LogP) is 3.11. The summed E-state index contributed by atoms with van der Waals surface area (Å²) >= 11 is 0. The van der Waals surface area contributed by atoms with Gasteiger partial charge in [-0.3, -0.25) is 4.79 Å². The van der Waals surface area contributed by atoms with E-state index in [1.807, 2.05) is 36.4 Å². The number of ether oxygens (including phenoxy) is 1. The third-order valence-electron chi connectivity index (χ3n) is 4.83. The monoisotopic (exact) mass is 430 g/mol. The topological polar surface area (TPSA) is 112 Å². The minimum absolute atomic E-state index is 0.0163. The molecule has 0 fully saturated rings. The highest BCUT2D eigenvalue weighted by Crippen LogP contribution is 2.25. The lowest BCUT2D eigenvalue weighted by atomic mass is 10.1. The molecule has 2 N–H and O–H groups in total. The summed E-state index contributed by atoms with van der Waals surface area (Å²) in [6, 6.07) is 17.4. The van der Waals surface area contributed by atoms with E-state index in [2.05, 4.69) is 10.2 Å². The number of nitriles is 1. The van der Waals surface area contributed by atoms with Crippen molar-refractivity contribution in [3.05, 3.63) is 83.9 Å². The third kappa shape index (κ3) is 4.49. The van der Waals surface area contributed by atoms with E-state index in [0.717, 1.165) is 5.69 Å². The van der Waals surface area contributed by atoms with E-state index < -0.39 is 5.97 Å².